The summed E-state index contributed by atoms with van der Waals surface area (Å²) in [6, 6.07) is 3.67. The van der Waals surface area contributed by atoms with Crippen molar-refractivity contribution in [1.29, 1.82) is 0 Å². The van der Waals surface area contributed by atoms with E-state index >= 15 is 0 Å². The van der Waals surface area contributed by atoms with Crippen molar-refractivity contribution in [2.24, 2.45) is 0 Å². The molecule has 0 saturated carbocycles. The molecule has 1 aliphatic heterocycles. The van der Waals surface area contributed by atoms with Gasteiger partial charge in [0, 0.05) is 12.6 Å². The maximum Gasteiger partial charge on any atom is 0.231 e. The Kier molecular flexibility index (Phi) is 3.14. The van der Waals surface area contributed by atoms with Crippen LogP contribution in [0.1, 0.15) is 5.56 Å². The lowest BCUT2D eigenvalue weighted by Gasteiger charge is -2.01. The highest BCUT2D eigenvalue weighted by atomic mass is 35.5. The number of rotatable bonds is 3. The maximum atomic E-state index is 6.08. The molecule has 0 atom stereocenters. The van der Waals surface area contributed by atoms with Crippen molar-refractivity contribution in [2.45, 2.75) is 0 Å². The number of benzene rings is 1. The van der Waals surface area contributed by atoms with Crippen LogP contribution in [0.4, 0.5) is 0 Å². The van der Waals surface area contributed by atoms with E-state index in [2.05, 4.69) is 5.32 Å². The van der Waals surface area contributed by atoms with Crippen LogP contribution >= 0.6 is 11.6 Å². The summed E-state index contributed by atoms with van der Waals surface area (Å²) in [4.78, 5) is 0. The van der Waals surface area contributed by atoms with Gasteiger partial charge in [0.05, 0.1) is 5.02 Å². The molecule has 0 unspecified atom stereocenters. The van der Waals surface area contributed by atoms with Crippen molar-refractivity contribution in [3.63, 3.8) is 0 Å². The number of hydrogen-bond acceptors (Lipinski definition) is 3. The topological polar surface area (TPSA) is 30.5 Å². The summed E-state index contributed by atoms with van der Waals surface area (Å²) in [5.41, 5.74) is 0.941. The number of hydrogen-bond donors (Lipinski definition) is 1. The SMILES string of the molecule is CNCC=Cc1cc2c(cc1Cl)OCO2. The lowest BCUT2D eigenvalue weighted by molar-refractivity contribution is 0.174. The number of halogens is 1. The molecule has 1 heterocycles. The van der Waals surface area contributed by atoms with E-state index in [1.54, 1.807) is 6.07 Å². The van der Waals surface area contributed by atoms with E-state index in [1.807, 2.05) is 25.3 Å². The smallest absolute Gasteiger partial charge is 0.231 e. The zero-order valence-electron chi connectivity index (χ0n) is 8.42. The second-order valence-electron chi connectivity index (χ2n) is 3.19. The molecule has 0 bridgehead atoms. The van der Waals surface area contributed by atoms with Gasteiger partial charge in [-0.15, -0.1) is 0 Å². The molecule has 0 aromatic heterocycles. The summed E-state index contributed by atoms with van der Waals surface area (Å²) in [5.74, 6) is 1.47. The summed E-state index contributed by atoms with van der Waals surface area (Å²) < 4.78 is 10.5. The summed E-state index contributed by atoms with van der Waals surface area (Å²) in [6.07, 6.45) is 3.96. The van der Waals surface area contributed by atoms with Crippen molar-refractivity contribution < 1.29 is 9.47 Å². The molecule has 3 nitrogen and oxygen atoms in total. The van der Waals surface area contributed by atoms with Gasteiger partial charge in [-0.05, 0) is 18.7 Å². The number of ether oxygens (including phenoxy) is 2. The highest BCUT2D eigenvalue weighted by molar-refractivity contribution is 6.32. The summed E-state index contributed by atoms with van der Waals surface area (Å²) in [5, 5.41) is 3.70. The van der Waals surface area contributed by atoms with Crippen molar-refractivity contribution in [2.75, 3.05) is 20.4 Å². The second-order valence-corrected chi connectivity index (χ2v) is 3.59. The Hall–Kier alpha value is -1.19. The molecule has 1 N–H and O–H groups in total. The van der Waals surface area contributed by atoms with Gasteiger partial charge in [0.2, 0.25) is 6.79 Å². The number of likely N-dealkylation sites (N-methyl/N-ethyl adjacent to an activating group) is 1. The minimum atomic E-state index is 0.273. The van der Waals surface area contributed by atoms with Crippen LogP contribution in [-0.2, 0) is 0 Å². The Morgan fingerprint density at radius 2 is 2.13 bits per heavy atom. The average molecular weight is 226 g/mol. The molecule has 2 rings (SSSR count). The van der Waals surface area contributed by atoms with Gasteiger partial charge in [-0.1, -0.05) is 23.8 Å². The molecule has 15 heavy (non-hydrogen) atoms. The van der Waals surface area contributed by atoms with E-state index in [0.29, 0.717) is 10.8 Å². The molecular weight excluding hydrogens is 214 g/mol. The van der Waals surface area contributed by atoms with Gasteiger partial charge in [-0.25, -0.2) is 0 Å². The third-order valence-corrected chi connectivity index (χ3v) is 2.44. The molecule has 0 aliphatic carbocycles. The molecule has 0 saturated heterocycles. The van der Waals surface area contributed by atoms with Gasteiger partial charge in [-0.2, -0.15) is 0 Å². The first-order valence-corrected chi connectivity index (χ1v) is 5.09. The van der Waals surface area contributed by atoms with E-state index in [0.717, 1.165) is 17.9 Å². The lowest BCUT2D eigenvalue weighted by atomic mass is 10.2. The van der Waals surface area contributed by atoms with Crippen LogP contribution in [0.15, 0.2) is 18.2 Å². The number of nitrogens with one attached hydrogen (secondary N) is 1. The summed E-state index contributed by atoms with van der Waals surface area (Å²) in [7, 11) is 1.89. The predicted molar refractivity (Wildman–Crippen MR) is 60.5 cm³/mol. The predicted octanol–water partition coefficient (Wildman–Crippen LogP) is 2.30. The Morgan fingerprint density at radius 1 is 1.40 bits per heavy atom. The minimum absolute atomic E-state index is 0.273. The van der Waals surface area contributed by atoms with Crippen molar-refractivity contribution in [1.82, 2.24) is 5.32 Å². The molecule has 80 valence electrons. The van der Waals surface area contributed by atoms with Crippen LogP contribution in [0.5, 0.6) is 11.5 Å². The highest BCUT2D eigenvalue weighted by Crippen LogP contribution is 2.37. The summed E-state index contributed by atoms with van der Waals surface area (Å²) >= 11 is 6.08. The fraction of sp³-hybridized carbons (Fsp3) is 0.273. The molecule has 0 radical (unpaired) electrons. The van der Waals surface area contributed by atoms with E-state index in [9.17, 15) is 0 Å². The van der Waals surface area contributed by atoms with E-state index in [4.69, 9.17) is 21.1 Å². The number of fused-ring (bicyclic) bond motifs is 1. The highest BCUT2D eigenvalue weighted by Gasteiger charge is 2.15. The molecule has 0 amide bonds. The molecule has 1 aromatic rings. The largest absolute Gasteiger partial charge is 0.454 e. The first-order valence-electron chi connectivity index (χ1n) is 4.71. The van der Waals surface area contributed by atoms with Crippen LogP contribution in [0.2, 0.25) is 5.02 Å². The quantitative estimate of drug-likeness (QED) is 0.856. The first-order chi connectivity index (χ1) is 7.31. The van der Waals surface area contributed by atoms with Crippen LogP contribution in [0, 0.1) is 0 Å². The maximum absolute atomic E-state index is 6.08. The summed E-state index contributed by atoms with van der Waals surface area (Å²) in [6.45, 7) is 1.08. The zero-order chi connectivity index (χ0) is 10.7. The van der Waals surface area contributed by atoms with E-state index in [-0.39, 0.29) is 6.79 Å². The van der Waals surface area contributed by atoms with Crippen LogP contribution in [0.25, 0.3) is 6.08 Å². The molecular formula is C11H12ClNO2. The third-order valence-electron chi connectivity index (χ3n) is 2.11. The normalized spacial score (nSPS) is 13.7. The van der Waals surface area contributed by atoms with Gasteiger partial charge >= 0.3 is 0 Å². The van der Waals surface area contributed by atoms with Crippen LogP contribution in [0.3, 0.4) is 0 Å². The fourth-order valence-corrected chi connectivity index (χ4v) is 1.58. The van der Waals surface area contributed by atoms with Gasteiger partial charge in [-0.3, -0.25) is 0 Å². The van der Waals surface area contributed by atoms with Crippen molar-refractivity contribution in [3.8, 4) is 11.5 Å². The van der Waals surface area contributed by atoms with Gasteiger partial charge in [0.25, 0.3) is 0 Å². The molecule has 0 spiro atoms. The molecule has 1 aromatic carbocycles. The molecule has 1 aliphatic rings. The monoisotopic (exact) mass is 225 g/mol. The van der Waals surface area contributed by atoms with Gasteiger partial charge < -0.3 is 14.8 Å². The van der Waals surface area contributed by atoms with Crippen molar-refractivity contribution in [3.05, 3.63) is 28.8 Å². The molecule has 4 heteroatoms. The Balaban J connectivity index is 2.24. The van der Waals surface area contributed by atoms with E-state index < -0.39 is 0 Å². The zero-order valence-corrected chi connectivity index (χ0v) is 9.17. The van der Waals surface area contributed by atoms with E-state index in [1.165, 1.54) is 0 Å². The standard InChI is InChI=1S/C11H12ClNO2/c1-13-4-2-3-8-5-10-11(6-9(8)12)15-7-14-10/h2-3,5-6,13H,4,7H2,1H3. The molecule has 0 fully saturated rings. The fourth-order valence-electron chi connectivity index (χ4n) is 1.36. The Bertz CT molecular complexity index is 390. The Morgan fingerprint density at radius 3 is 2.87 bits per heavy atom. The van der Waals surface area contributed by atoms with Crippen LogP contribution < -0.4 is 14.8 Å². The average Bonchev–Trinajstić information content (AvgIpc) is 2.65. The van der Waals surface area contributed by atoms with Gasteiger partial charge in [0.15, 0.2) is 11.5 Å². The Labute approximate surface area is 93.6 Å². The van der Waals surface area contributed by atoms with Crippen molar-refractivity contribution >= 4 is 17.7 Å². The van der Waals surface area contributed by atoms with Crippen LogP contribution in [-0.4, -0.2) is 20.4 Å². The minimum Gasteiger partial charge on any atom is -0.454 e. The first kappa shape index (κ1) is 10.3. The second kappa shape index (κ2) is 4.55. The van der Waals surface area contributed by atoms with Gasteiger partial charge in [0.1, 0.15) is 0 Å². The third kappa shape index (κ3) is 2.25. The lowest BCUT2D eigenvalue weighted by Crippen LogP contribution is -2.03.